The van der Waals surface area contributed by atoms with Gasteiger partial charge < -0.3 is 9.55 Å². The number of aromatic nitrogens is 5. The number of pyridine rings is 1. The van der Waals surface area contributed by atoms with Crippen LogP contribution in [-0.2, 0) is 18.8 Å². The summed E-state index contributed by atoms with van der Waals surface area (Å²) in [7, 11) is 4.61. The fourth-order valence-corrected chi connectivity index (χ4v) is 1.88. The summed E-state index contributed by atoms with van der Waals surface area (Å²) in [5.74, 6) is 1.57. The number of nitrogens with zero attached hydrogens (tertiary/aromatic N) is 5. The Morgan fingerprint density at radius 2 is 1.95 bits per heavy atom. The van der Waals surface area contributed by atoms with Crippen molar-refractivity contribution < 1.29 is 18.8 Å². The molecule has 0 amide bonds. The van der Waals surface area contributed by atoms with E-state index in [0.717, 1.165) is 23.0 Å². The Balaban J connectivity index is 0.000000704. The molecule has 0 spiro atoms. The Morgan fingerprint density at radius 3 is 2.55 bits per heavy atom. The quantitative estimate of drug-likeness (QED) is 0.543. The van der Waals surface area contributed by atoms with Gasteiger partial charge in [0.15, 0.2) is 0 Å². The molecule has 0 N–H and O–H groups in total. The van der Waals surface area contributed by atoms with Crippen LogP contribution in [0, 0.1) is 20.2 Å². The number of imidazole rings is 1. The van der Waals surface area contributed by atoms with Crippen molar-refractivity contribution in [3.63, 3.8) is 0 Å². The van der Waals surface area contributed by atoms with Gasteiger partial charge in [0, 0.05) is 12.0 Å². The van der Waals surface area contributed by atoms with Crippen LogP contribution in [0.25, 0.3) is 11.6 Å². The number of hydrogen-bond acceptors (Lipinski definition) is 3. The monoisotopic (exact) mass is 468 g/mol. The zero-order valence-electron chi connectivity index (χ0n) is 10.9. The third-order valence-electron chi connectivity index (χ3n) is 2.65. The molecule has 0 unspecified atom stereocenters. The van der Waals surface area contributed by atoms with E-state index in [1.165, 1.54) is 0 Å². The van der Waals surface area contributed by atoms with Crippen LogP contribution in [0.1, 0.15) is 11.4 Å². The van der Waals surface area contributed by atoms with Crippen LogP contribution in [0.3, 0.4) is 0 Å². The van der Waals surface area contributed by atoms with Crippen molar-refractivity contribution in [2.45, 2.75) is 13.8 Å². The molecule has 0 bridgehead atoms. The molecule has 3 aromatic heterocycles. The van der Waals surface area contributed by atoms with Gasteiger partial charge in [0.05, 0.1) is 11.5 Å². The van der Waals surface area contributed by atoms with E-state index < -0.39 is 0 Å². The SMILES string of the molecule is Cc1cc(C)n(-c2cccc(-n3[c-]ncc3)n2)n1.[Cl][Pt+]. The van der Waals surface area contributed by atoms with Crippen molar-refractivity contribution in [2.24, 2.45) is 0 Å². The molecule has 0 radical (unpaired) electrons. The molecular formula is C13H12ClN5Pt. The van der Waals surface area contributed by atoms with Crippen LogP contribution in [0.5, 0.6) is 0 Å². The first-order chi connectivity index (χ1) is 9.74. The van der Waals surface area contributed by atoms with Gasteiger partial charge in [0.25, 0.3) is 0 Å². The Bertz CT molecular complexity index is 678. The number of hydrogen-bond donors (Lipinski definition) is 0. The molecule has 0 aliphatic rings. The number of aryl methyl sites for hydroxylation is 2. The Morgan fingerprint density at radius 1 is 1.20 bits per heavy atom. The third-order valence-corrected chi connectivity index (χ3v) is 2.65. The molecule has 0 fully saturated rings. The first-order valence-electron chi connectivity index (χ1n) is 5.78. The van der Waals surface area contributed by atoms with E-state index in [2.05, 4.69) is 30.8 Å². The van der Waals surface area contributed by atoms with E-state index >= 15 is 0 Å². The summed E-state index contributed by atoms with van der Waals surface area (Å²) in [6, 6.07) is 7.81. The van der Waals surface area contributed by atoms with Gasteiger partial charge in [0.1, 0.15) is 5.82 Å². The van der Waals surface area contributed by atoms with E-state index in [1.54, 1.807) is 29.5 Å². The minimum atomic E-state index is 0.776. The van der Waals surface area contributed by atoms with Crippen LogP contribution >= 0.6 is 9.42 Å². The molecule has 5 nitrogen and oxygen atoms in total. The zero-order valence-corrected chi connectivity index (χ0v) is 13.9. The molecule has 3 aromatic rings. The summed E-state index contributed by atoms with van der Waals surface area (Å²) < 4.78 is 3.57. The van der Waals surface area contributed by atoms with E-state index in [-0.39, 0.29) is 0 Å². The summed E-state index contributed by atoms with van der Waals surface area (Å²) in [4.78, 5) is 8.45. The van der Waals surface area contributed by atoms with Crippen LogP contribution in [0.4, 0.5) is 0 Å². The van der Waals surface area contributed by atoms with Gasteiger partial charge in [-0.1, -0.05) is 24.5 Å². The molecular weight excluding hydrogens is 457 g/mol. The molecule has 3 rings (SSSR count). The molecule has 0 aliphatic carbocycles. The van der Waals surface area contributed by atoms with Gasteiger partial charge >= 0.3 is 28.2 Å². The summed E-state index contributed by atoms with van der Waals surface area (Å²) in [6.45, 7) is 3.98. The second-order valence-electron chi connectivity index (χ2n) is 4.09. The maximum atomic E-state index is 4.61. The van der Waals surface area contributed by atoms with E-state index in [1.807, 2.05) is 49.0 Å². The molecule has 7 heteroatoms. The summed E-state index contributed by atoms with van der Waals surface area (Å²) >= 11 is 1.61. The fraction of sp³-hybridized carbons (Fsp3) is 0.154. The van der Waals surface area contributed by atoms with Crippen LogP contribution in [0.15, 0.2) is 36.7 Å². The number of rotatable bonds is 2. The van der Waals surface area contributed by atoms with Crippen LogP contribution in [0.2, 0.25) is 0 Å². The minimum absolute atomic E-state index is 0.776. The predicted molar refractivity (Wildman–Crippen MR) is 72.6 cm³/mol. The van der Waals surface area contributed by atoms with Gasteiger partial charge in [-0.3, -0.25) is 4.98 Å². The number of halogens is 1. The van der Waals surface area contributed by atoms with Crippen molar-refractivity contribution in [3.05, 3.63) is 54.4 Å². The molecule has 0 saturated carbocycles. The van der Waals surface area contributed by atoms with Crippen LogP contribution in [-0.4, -0.2) is 24.3 Å². The molecule has 0 saturated heterocycles. The van der Waals surface area contributed by atoms with Gasteiger partial charge in [-0.2, -0.15) is 5.10 Å². The second-order valence-corrected chi connectivity index (χ2v) is 4.09. The summed E-state index contributed by atoms with van der Waals surface area (Å²) in [5.41, 5.74) is 2.04. The van der Waals surface area contributed by atoms with E-state index in [9.17, 15) is 0 Å². The molecule has 0 atom stereocenters. The predicted octanol–water partition coefficient (Wildman–Crippen LogP) is 2.56. The van der Waals surface area contributed by atoms with E-state index in [0.29, 0.717) is 0 Å². The Kier molecular flexibility index (Phi) is 5.10. The Labute approximate surface area is 132 Å². The maximum absolute atomic E-state index is 4.61. The average Bonchev–Trinajstić information content (AvgIpc) is 3.11. The molecule has 20 heavy (non-hydrogen) atoms. The van der Waals surface area contributed by atoms with Crippen molar-refractivity contribution in [2.75, 3.05) is 0 Å². The topological polar surface area (TPSA) is 48.5 Å². The third kappa shape index (κ3) is 3.17. The normalized spacial score (nSPS) is 10.1. The zero-order chi connectivity index (χ0) is 14.5. The van der Waals surface area contributed by atoms with Crippen molar-refractivity contribution in [3.8, 4) is 11.6 Å². The van der Waals surface area contributed by atoms with Crippen LogP contribution < -0.4 is 0 Å². The first kappa shape index (κ1) is 14.9. The molecule has 0 aliphatic heterocycles. The fourth-order valence-electron chi connectivity index (χ4n) is 1.88. The van der Waals surface area contributed by atoms with Gasteiger partial charge in [0.2, 0.25) is 0 Å². The average molecular weight is 469 g/mol. The standard InChI is InChI=1S/C13H12N5.ClH.Pt/c1-10-8-11(2)18(16-10)13-5-3-4-12(15-13)17-7-6-14-9-17;;/h3-8H,1-2H3;1H;/q-1;;+2/p-1. The van der Waals surface area contributed by atoms with Crippen molar-refractivity contribution in [1.82, 2.24) is 24.3 Å². The molecule has 106 valence electrons. The Hall–Kier alpha value is -1.45. The van der Waals surface area contributed by atoms with Crippen molar-refractivity contribution in [1.29, 1.82) is 0 Å². The van der Waals surface area contributed by atoms with Crippen molar-refractivity contribution >= 4 is 9.42 Å². The van der Waals surface area contributed by atoms with E-state index in [4.69, 9.17) is 0 Å². The van der Waals surface area contributed by atoms with Gasteiger partial charge in [-0.25, -0.2) is 4.68 Å². The summed E-state index contributed by atoms with van der Waals surface area (Å²) in [6.07, 6.45) is 6.32. The second kappa shape index (κ2) is 6.82. The molecule has 3 heterocycles. The first-order valence-corrected chi connectivity index (χ1v) is 8.59. The molecule has 0 aromatic carbocycles. The van der Waals surface area contributed by atoms with Gasteiger partial charge in [-0.15, -0.1) is 0 Å². The summed E-state index contributed by atoms with van der Waals surface area (Å²) in [5, 5.41) is 4.42. The van der Waals surface area contributed by atoms with Gasteiger partial charge in [-0.05, 0) is 26.0 Å².